The number of anilines is 1. The largest absolute Gasteiger partial charge is 0.387 e. The Kier molecular flexibility index (Phi) is 4.99. The topological polar surface area (TPSA) is 83.4 Å². The van der Waals surface area contributed by atoms with Crippen LogP contribution in [0.15, 0.2) is 54.7 Å². The SMILES string of the molecule is Cn1ccc2cc(C(O)CNC(=O)C(=O)Nc3ccc(F)cc3)ccc21. The van der Waals surface area contributed by atoms with Crippen LogP contribution in [0.25, 0.3) is 10.9 Å². The molecule has 0 aliphatic carbocycles. The predicted molar refractivity (Wildman–Crippen MR) is 95.9 cm³/mol. The summed E-state index contributed by atoms with van der Waals surface area (Å²) in [6.45, 7) is -0.103. The van der Waals surface area contributed by atoms with Gasteiger partial charge in [-0.15, -0.1) is 0 Å². The van der Waals surface area contributed by atoms with E-state index in [1.54, 1.807) is 6.07 Å². The van der Waals surface area contributed by atoms with Gasteiger partial charge < -0.3 is 20.3 Å². The Labute approximate surface area is 149 Å². The maximum absolute atomic E-state index is 12.8. The van der Waals surface area contributed by atoms with E-state index in [1.165, 1.54) is 24.3 Å². The molecule has 1 unspecified atom stereocenters. The number of rotatable bonds is 4. The van der Waals surface area contributed by atoms with E-state index in [-0.39, 0.29) is 6.54 Å². The van der Waals surface area contributed by atoms with Crippen molar-refractivity contribution < 1.29 is 19.1 Å². The number of nitrogens with one attached hydrogen (secondary N) is 2. The smallest absolute Gasteiger partial charge is 0.313 e. The highest BCUT2D eigenvalue weighted by molar-refractivity contribution is 6.39. The van der Waals surface area contributed by atoms with Crippen LogP contribution in [-0.2, 0) is 16.6 Å². The highest BCUT2D eigenvalue weighted by atomic mass is 19.1. The summed E-state index contributed by atoms with van der Waals surface area (Å²) in [4.78, 5) is 23.7. The van der Waals surface area contributed by atoms with Gasteiger partial charge in [0.25, 0.3) is 0 Å². The molecule has 0 aliphatic rings. The van der Waals surface area contributed by atoms with Crippen LogP contribution in [0.1, 0.15) is 11.7 Å². The van der Waals surface area contributed by atoms with E-state index in [0.29, 0.717) is 11.3 Å². The van der Waals surface area contributed by atoms with Crippen molar-refractivity contribution in [2.24, 2.45) is 7.05 Å². The Bertz CT molecular complexity index is 950. The molecular formula is C19H18FN3O3. The third-order valence-electron chi connectivity index (χ3n) is 4.06. The first-order chi connectivity index (χ1) is 12.4. The van der Waals surface area contributed by atoms with Crippen molar-refractivity contribution in [1.29, 1.82) is 0 Å². The highest BCUT2D eigenvalue weighted by Crippen LogP contribution is 2.20. The number of carbonyl (C=O) groups is 2. The summed E-state index contributed by atoms with van der Waals surface area (Å²) in [5, 5.41) is 16.0. The average Bonchev–Trinajstić information content (AvgIpc) is 3.01. The average molecular weight is 355 g/mol. The number of nitrogens with zero attached hydrogens (tertiary/aromatic N) is 1. The van der Waals surface area contributed by atoms with Gasteiger partial charge in [-0.2, -0.15) is 0 Å². The van der Waals surface area contributed by atoms with Crippen LogP contribution in [0, 0.1) is 5.82 Å². The molecule has 7 heteroatoms. The zero-order valence-corrected chi connectivity index (χ0v) is 14.1. The fourth-order valence-corrected chi connectivity index (χ4v) is 2.62. The van der Waals surface area contributed by atoms with Gasteiger partial charge in [0, 0.05) is 31.0 Å². The standard InChI is InChI=1S/C19H18FN3O3/c1-23-9-8-12-10-13(2-7-16(12)23)17(24)11-21-18(25)19(26)22-15-5-3-14(20)4-6-15/h2-10,17,24H,11H2,1H3,(H,21,25)(H,22,26). The molecule has 134 valence electrons. The van der Waals surface area contributed by atoms with E-state index in [1.807, 2.05) is 36.0 Å². The summed E-state index contributed by atoms with van der Waals surface area (Å²) in [7, 11) is 1.93. The quantitative estimate of drug-likeness (QED) is 0.627. The Morgan fingerprint density at radius 3 is 2.58 bits per heavy atom. The van der Waals surface area contributed by atoms with E-state index in [2.05, 4.69) is 10.6 Å². The van der Waals surface area contributed by atoms with Crippen LogP contribution in [0.4, 0.5) is 10.1 Å². The molecule has 1 aromatic heterocycles. The van der Waals surface area contributed by atoms with Crippen molar-refractivity contribution in [2.75, 3.05) is 11.9 Å². The molecule has 1 heterocycles. The molecular weight excluding hydrogens is 337 g/mol. The molecule has 1 atom stereocenters. The minimum absolute atomic E-state index is 0.103. The first-order valence-corrected chi connectivity index (χ1v) is 8.02. The molecule has 3 aromatic rings. The normalized spacial score (nSPS) is 12.0. The minimum Gasteiger partial charge on any atom is -0.387 e. The van der Waals surface area contributed by atoms with Crippen LogP contribution in [-0.4, -0.2) is 28.0 Å². The van der Waals surface area contributed by atoms with Gasteiger partial charge in [-0.25, -0.2) is 4.39 Å². The number of aliphatic hydroxyl groups excluding tert-OH is 1. The third-order valence-corrected chi connectivity index (χ3v) is 4.06. The number of amides is 2. The van der Waals surface area contributed by atoms with Crippen LogP contribution < -0.4 is 10.6 Å². The van der Waals surface area contributed by atoms with Gasteiger partial charge in [-0.05, 0) is 53.4 Å². The fourth-order valence-electron chi connectivity index (χ4n) is 2.62. The Morgan fingerprint density at radius 2 is 1.85 bits per heavy atom. The van der Waals surface area contributed by atoms with Gasteiger partial charge in [0.05, 0.1) is 6.10 Å². The number of benzene rings is 2. The number of fused-ring (bicyclic) bond motifs is 1. The molecule has 0 bridgehead atoms. The molecule has 0 saturated heterocycles. The molecule has 3 N–H and O–H groups in total. The molecule has 2 aromatic carbocycles. The molecule has 3 rings (SSSR count). The Balaban J connectivity index is 1.57. The summed E-state index contributed by atoms with van der Waals surface area (Å²) < 4.78 is 14.8. The molecule has 0 spiro atoms. The van der Waals surface area contributed by atoms with Gasteiger partial charge in [-0.1, -0.05) is 6.07 Å². The van der Waals surface area contributed by atoms with Crippen molar-refractivity contribution in [3.63, 3.8) is 0 Å². The number of hydrogen-bond acceptors (Lipinski definition) is 3. The molecule has 2 amide bonds. The van der Waals surface area contributed by atoms with Crippen molar-refractivity contribution in [2.45, 2.75) is 6.10 Å². The van der Waals surface area contributed by atoms with E-state index in [9.17, 15) is 19.1 Å². The zero-order valence-electron chi connectivity index (χ0n) is 14.1. The fraction of sp³-hybridized carbons (Fsp3) is 0.158. The van der Waals surface area contributed by atoms with E-state index >= 15 is 0 Å². The van der Waals surface area contributed by atoms with Gasteiger partial charge >= 0.3 is 11.8 Å². The van der Waals surface area contributed by atoms with Crippen molar-refractivity contribution in [3.05, 3.63) is 66.1 Å². The first kappa shape index (κ1) is 17.6. The second kappa shape index (κ2) is 7.37. The molecule has 0 aliphatic heterocycles. The second-order valence-corrected chi connectivity index (χ2v) is 5.93. The molecule has 26 heavy (non-hydrogen) atoms. The van der Waals surface area contributed by atoms with Gasteiger partial charge in [0.15, 0.2) is 0 Å². The summed E-state index contributed by atoms with van der Waals surface area (Å²) in [5.41, 5.74) is 1.98. The van der Waals surface area contributed by atoms with Crippen LogP contribution >= 0.6 is 0 Å². The summed E-state index contributed by atoms with van der Waals surface area (Å²) in [6.07, 6.45) is 0.977. The summed E-state index contributed by atoms with van der Waals surface area (Å²) >= 11 is 0. The minimum atomic E-state index is -0.942. The van der Waals surface area contributed by atoms with Crippen molar-refractivity contribution >= 4 is 28.4 Å². The van der Waals surface area contributed by atoms with Crippen molar-refractivity contribution in [3.8, 4) is 0 Å². The number of aliphatic hydroxyl groups is 1. The molecule has 0 fully saturated rings. The molecule has 0 radical (unpaired) electrons. The summed E-state index contributed by atoms with van der Waals surface area (Å²) in [6, 6.07) is 12.5. The maximum Gasteiger partial charge on any atom is 0.313 e. The van der Waals surface area contributed by atoms with Gasteiger partial charge in [0.2, 0.25) is 0 Å². The zero-order chi connectivity index (χ0) is 18.7. The number of aromatic nitrogens is 1. The van der Waals surface area contributed by atoms with E-state index in [0.717, 1.165) is 10.9 Å². The lowest BCUT2D eigenvalue weighted by atomic mass is 10.1. The number of halogens is 1. The van der Waals surface area contributed by atoms with Crippen LogP contribution in [0.2, 0.25) is 0 Å². The Morgan fingerprint density at radius 1 is 1.12 bits per heavy atom. The lowest BCUT2D eigenvalue weighted by Crippen LogP contribution is -2.37. The van der Waals surface area contributed by atoms with Crippen molar-refractivity contribution in [1.82, 2.24) is 9.88 Å². The maximum atomic E-state index is 12.8. The highest BCUT2D eigenvalue weighted by Gasteiger charge is 2.16. The monoisotopic (exact) mass is 355 g/mol. The van der Waals surface area contributed by atoms with Gasteiger partial charge in [0.1, 0.15) is 5.82 Å². The number of carbonyl (C=O) groups excluding carboxylic acids is 2. The molecule has 0 saturated carbocycles. The van der Waals surface area contributed by atoms with E-state index < -0.39 is 23.7 Å². The first-order valence-electron chi connectivity index (χ1n) is 8.02. The summed E-state index contributed by atoms with van der Waals surface area (Å²) in [5.74, 6) is -2.21. The van der Waals surface area contributed by atoms with E-state index in [4.69, 9.17) is 0 Å². The number of aryl methyl sites for hydroxylation is 1. The lowest BCUT2D eigenvalue weighted by Gasteiger charge is -2.13. The van der Waals surface area contributed by atoms with Crippen LogP contribution in [0.3, 0.4) is 0 Å². The predicted octanol–water partition coefficient (Wildman–Crippen LogP) is 2.11. The van der Waals surface area contributed by atoms with Crippen LogP contribution in [0.5, 0.6) is 0 Å². The third kappa shape index (κ3) is 3.89. The number of hydrogen-bond donors (Lipinski definition) is 3. The Hall–Kier alpha value is -3.19. The lowest BCUT2D eigenvalue weighted by molar-refractivity contribution is -0.136. The van der Waals surface area contributed by atoms with Gasteiger partial charge in [-0.3, -0.25) is 9.59 Å². The molecule has 6 nitrogen and oxygen atoms in total. The second-order valence-electron chi connectivity index (χ2n) is 5.93.